The van der Waals surface area contributed by atoms with Crippen LogP contribution in [0.2, 0.25) is 0 Å². The van der Waals surface area contributed by atoms with Gasteiger partial charge in [-0.25, -0.2) is 14.6 Å². The van der Waals surface area contributed by atoms with Crippen molar-refractivity contribution in [1.82, 2.24) is 4.57 Å². The SMILES string of the molecule is C=CCOC(=O)C1=C(C)N=c2s/c(=C3\C(=O)N(CCC)c4ccccc43)c(=O)n2[C@H]1c1ccc(OC(=O)c2ccco2)cc1. The number of benzene rings is 2. The Balaban J connectivity index is 1.50. The maximum Gasteiger partial charge on any atom is 0.379 e. The molecule has 2 aromatic heterocycles. The predicted octanol–water partition coefficient (Wildman–Crippen LogP) is 3.90. The lowest BCUT2D eigenvalue weighted by Crippen LogP contribution is -2.41. The Labute approximate surface area is 255 Å². The van der Waals surface area contributed by atoms with Crippen molar-refractivity contribution >= 4 is 40.4 Å². The molecule has 0 bridgehead atoms. The highest BCUT2D eigenvalue weighted by molar-refractivity contribution is 7.07. The van der Waals surface area contributed by atoms with Crippen molar-refractivity contribution < 1.29 is 28.3 Å². The zero-order chi connectivity index (χ0) is 31.0. The lowest BCUT2D eigenvalue weighted by Gasteiger charge is -2.24. The van der Waals surface area contributed by atoms with Crippen LogP contribution in [0.3, 0.4) is 0 Å². The van der Waals surface area contributed by atoms with Crippen molar-refractivity contribution in [3.63, 3.8) is 0 Å². The van der Waals surface area contributed by atoms with Crippen LogP contribution >= 0.6 is 11.3 Å². The summed E-state index contributed by atoms with van der Waals surface area (Å²) in [5.74, 6) is -1.28. The van der Waals surface area contributed by atoms with Gasteiger partial charge in [-0.2, -0.15) is 0 Å². The monoisotopic (exact) mass is 609 g/mol. The van der Waals surface area contributed by atoms with Gasteiger partial charge in [0.25, 0.3) is 11.5 Å². The maximum atomic E-state index is 14.3. The second-order valence-electron chi connectivity index (χ2n) is 10.1. The summed E-state index contributed by atoms with van der Waals surface area (Å²) in [5.41, 5.74) is 2.38. The van der Waals surface area contributed by atoms with Crippen molar-refractivity contribution in [2.75, 3.05) is 18.1 Å². The first-order valence-electron chi connectivity index (χ1n) is 13.9. The Morgan fingerprint density at radius 3 is 2.55 bits per heavy atom. The van der Waals surface area contributed by atoms with E-state index in [1.807, 2.05) is 31.2 Å². The molecule has 0 spiro atoms. The van der Waals surface area contributed by atoms with Crippen molar-refractivity contribution in [1.29, 1.82) is 0 Å². The van der Waals surface area contributed by atoms with Gasteiger partial charge in [0.2, 0.25) is 5.76 Å². The third-order valence-corrected chi connectivity index (χ3v) is 8.33. The molecule has 1 atom stereocenters. The molecular formula is C33H27N3O7S. The van der Waals surface area contributed by atoms with Crippen molar-refractivity contribution in [3.05, 3.63) is 127 Å². The Morgan fingerprint density at radius 2 is 1.84 bits per heavy atom. The minimum Gasteiger partial charge on any atom is -0.458 e. The highest BCUT2D eigenvalue weighted by atomic mass is 32.1. The van der Waals surface area contributed by atoms with Gasteiger partial charge in [-0.15, -0.1) is 0 Å². The molecule has 4 aromatic rings. The quantitative estimate of drug-likeness (QED) is 0.169. The topological polar surface area (TPSA) is 120 Å². The van der Waals surface area contributed by atoms with Crippen LogP contribution in [-0.4, -0.2) is 35.6 Å². The van der Waals surface area contributed by atoms with Gasteiger partial charge in [0, 0.05) is 12.1 Å². The van der Waals surface area contributed by atoms with Crippen LogP contribution in [0.1, 0.15) is 48.0 Å². The lowest BCUT2D eigenvalue weighted by molar-refractivity contribution is -0.138. The van der Waals surface area contributed by atoms with E-state index in [2.05, 4.69) is 11.6 Å². The number of para-hydroxylation sites is 1. The van der Waals surface area contributed by atoms with Crippen LogP contribution in [0.4, 0.5) is 5.69 Å². The number of allylic oxidation sites excluding steroid dienone is 1. The fourth-order valence-electron chi connectivity index (χ4n) is 5.38. The number of esters is 2. The Bertz CT molecular complexity index is 2020. The zero-order valence-corrected chi connectivity index (χ0v) is 24.8. The van der Waals surface area contributed by atoms with Crippen molar-refractivity contribution in [2.45, 2.75) is 26.3 Å². The molecular weight excluding hydrogens is 582 g/mol. The minimum absolute atomic E-state index is 0.0306. The molecule has 0 fully saturated rings. The summed E-state index contributed by atoms with van der Waals surface area (Å²) in [6.45, 7) is 7.75. The number of fused-ring (bicyclic) bond motifs is 2. The number of anilines is 1. The smallest absolute Gasteiger partial charge is 0.379 e. The summed E-state index contributed by atoms with van der Waals surface area (Å²) in [4.78, 5) is 60.4. The van der Waals surface area contributed by atoms with Gasteiger partial charge < -0.3 is 18.8 Å². The average Bonchev–Trinajstić information content (AvgIpc) is 3.74. The van der Waals surface area contributed by atoms with E-state index in [-0.39, 0.29) is 34.1 Å². The van der Waals surface area contributed by atoms with Gasteiger partial charge in [-0.05, 0) is 49.2 Å². The average molecular weight is 610 g/mol. The molecule has 6 rings (SSSR count). The number of furan rings is 1. The molecule has 2 aliphatic heterocycles. The van der Waals surface area contributed by atoms with Crippen LogP contribution in [0, 0.1) is 0 Å². The molecule has 1 amide bonds. The number of carbonyl (C=O) groups excluding carboxylic acids is 3. The predicted molar refractivity (Wildman–Crippen MR) is 163 cm³/mol. The number of hydrogen-bond acceptors (Lipinski definition) is 9. The zero-order valence-electron chi connectivity index (χ0n) is 23.9. The molecule has 11 heteroatoms. The summed E-state index contributed by atoms with van der Waals surface area (Å²) in [7, 11) is 0. The molecule has 0 saturated heterocycles. The number of nitrogens with zero attached hydrogens (tertiary/aromatic N) is 3. The first-order valence-corrected chi connectivity index (χ1v) is 14.8. The standard InChI is InChI=1S/C33H27N3O7S/c1-4-16-35-23-10-7-6-9-22(23)26(29(35)37)28-30(38)36-27(25(32(40)42-17-5-2)19(3)34-33(36)44-28)20-12-14-21(15-13-20)43-31(39)24-11-8-18-41-24/h5-15,18,27H,2,4,16-17H2,1,3H3/b28-26-/t27-/m0/s1. The second-order valence-corrected chi connectivity index (χ2v) is 11.1. The summed E-state index contributed by atoms with van der Waals surface area (Å²) >= 11 is 1.11. The normalized spacial score (nSPS) is 16.7. The molecule has 0 radical (unpaired) electrons. The highest BCUT2D eigenvalue weighted by Crippen LogP contribution is 2.36. The van der Waals surface area contributed by atoms with E-state index in [1.54, 1.807) is 42.2 Å². The van der Waals surface area contributed by atoms with Gasteiger partial charge in [0.1, 0.15) is 16.9 Å². The van der Waals surface area contributed by atoms with E-state index in [0.717, 1.165) is 23.4 Å². The van der Waals surface area contributed by atoms with Crippen molar-refractivity contribution in [3.8, 4) is 5.75 Å². The fourth-order valence-corrected chi connectivity index (χ4v) is 6.51. The number of ether oxygens (including phenoxy) is 2. The summed E-state index contributed by atoms with van der Waals surface area (Å²) in [6, 6.07) is 16.0. The van der Waals surface area contributed by atoms with Crippen LogP contribution < -0.4 is 24.5 Å². The summed E-state index contributed by atoms with van der Waals surface area (Å²) in [5, 5.41) is 0. The third kappa shape index (κ3) is 4.90. The number of aromatic nitrogens is 1. The molecule has 10 nitrogen and oxygen atoms in total. The van der Waals surface area contributed by atoms with E-state index < -0.39 is 23.5 Å². The van der Waals surface area contributed by atoms with E-state index in [1.165, 1.54) is 23.0 Å². The molecule has 222 valence electrons. The third-order valence-electron chi connectivity index (χ3n) is 7.28. The van der Waals surface area contributed by atoms with Crippen LogP contribution in [0.15, 0.2) is 105 Å². The van der Waals surface area contributed by atoms with E-state index >= 15 is 0 Å². The van der Waals surface area contributed by atoms with Gasteiger partial charge in [0.05, 0.1) is 34.8 Å². The molecule has 4 heterocycles. The number of carbonyl (C=O) groups is 3. The molecule has 44 heavy (non-hydrogen) atoms. The summed E-state index contributed by atoms with van der Waals surface area (Å²) < 4.78 is 17.6. The molecule has 0 aliphatic carbocycles. The Morgan fingerprint density at radius 1 is 1.07 bits per heavy atom. The van der Waals surface area contributed by atoms with Gasteiger partial charge >= 0.3 is 11.9 Å². The number of rotatable bonds is 8. The van der Waals surface area contributed by atoms with E-state index in [0.29, 0.717) is 33.7 Å². The number of amides is 1. The minimum atomic E-state index is -0.925. The number of thiazole rings is 1. The fraction of sp³-hybridized carbons (Fsp3) is 0.182. The van der Waals surface area contributed by atoms with E-state index in [4.69, 9.17) is 13.9 Å². The molecule has 0 saturated carbocycles. The van der Waals surface area contributed by atoms with Crippen LogP contribution in [-0.2, 0) is 14.3 Å². The van der Waals surface area contributed by atoms with Crippen LogP contribution in [0.5, 0.6) is 5.75 Å². The van der Waals surface area contributed by atoms with Crippen molar-refractivity contribution in [2.24, 2.45) is 4.99 Å². The molecule has 0 unspecified atom stereocenters. The van der Waals surface area contributed by atoms with Gasteiger partial charge in [-0.3, -0.25) is 14.2 Å². The first-order chi connectivity index (χ1) is 21.3. The lowest BCUT2D eigenvalue weighted by atomic mass is 9.96. The maximum absolute atomic E-state index is 14.3. The molecule has 2 aliphatic rings. The summed E-state index contributed by atoms with van der Waals surface area (Å²) in [6.07, 6.45) is 3.57. The highest BCUT2D eigenvalue weighted by Gasteiger charge is 2.37. The van der Waals surface area contributed by atoms with Gasteiger partial charge in [0.15, 0.2) is 4.80 Å². The first kappa shape index (κ1) is 28.8. The molecule has 2 aromatic carbocycles. The van der Waals surface area contributed by atoms with E-state index in [9.17, 15) is 19.2 Å². The largest absolute Gasteiger partial charge is 0.458 e. The van der Waals surface area contributed by atoms with Crippen LogP contribution in [0.25, 0.3) is 5.57 Å². The Hall–Kier alpha value is -5.29. The second kappa shape index (κ2) is 11.8. The Kier molecular flexibility index (Phi) is 7.71. The van der Waals surface area contributed by atoms with Gasteiger partial charge in [-0.1, -0.05) is 61.2 Å². The molecule has 0 N–H and O–H groups in total. The number of hydrogen-bond donors (Lipinski definition) is 0.